The maximum atomic E-state index is 5.09. The van der Waals surface area contributed by atoms with E-state index in [-0.39, 0.29) is 30.0 Å². The number of nitrogens with zero attached hydrogens (tertiary/aromatic N) is 3. The van der Waals surface area contributed by atoms with E-state index in [1.807, 2.05) is 24.7 Å². The molecule has 0 saturated carbocycles. The zero-order chi connectivity index (χ0) is 13.4. The zero-order valence-corrected chi connectivity index (χ0v) is 14.3. The molecule has 1 unspecified atom stereocenters. The summed E-state index contributed by atoms with van der Waals surface area (Å²) in [6.07, 6.45) is 1.78. The first kappa shape index (κ1) is 18.2. The Labute approximate surface area is 132 Å². The van der Waals surface area contributed by atoms with Crippen LogP contribution in [0.2, 0.25) is 0 Å². The Bertz CT molecular complexity index is 380. The molecule has 1 atom stereocenters. The summed E-state index contributed by atoms with van der Waals surface area (Å²) in [5.41, 5.74) is 1.08. The molecule has 1 rings (SSSR count). The van der Waals surface area contributed by atoms with E-state index in [4.69, 9.17) is 4.74 Å². The number of methoxy groups -OCH3 is 1. The highest BCUT2D eigenvalue weighted by atomic mass is 127. The van der Waals surface area contributed by atoms with E-state index in [1.54, 1.807) is 13.3 Å². The molecule has 0 bridgehead atoms. The van der Waals surface area contributed by atoms with Gasteiger partial charge in [0.15, 0.2) is 5.96 Å². The number of rotatable bonds is 6. The second-order valence-electron chi connectivity index (χ2n) is 4.14. The largest absolute Gasteiger partial charge is 0.383 e. The average Bonchev–Trinajstić information content (AvgIpc) is 2.72. The lowest BCUT2D eigenvalue weighted by molar-refractivity contribution is 0.179. The quantitative estimate of drug-likeness (QED) is 0.441. The van der Waals surface area contributed by atoms with E-state index in [1.165, 1.54) is 0 Å². The van der Waals surface area contributed by atoms with Crippen LogP contribution < -0.4 is 10.6 Å². The second kappa shape index (κ2) is 10.0. The highest BCUT2D eigenvalue weighted by Crippen LogP contribution is 1.98. The molecule has 0 radical (unpaired) electrons. The lowest BCUT2D eigenvalue weighted by Gasteiger charge is -2.16. The molecule has 0 aliphatic heterocycles. The number of ether oxygens (including phenoxy) is 1. The van der Waals surface area contributed by atoms with Crippen LogP contribution >= 0.6 is 24.0 Å². The second-order valence-corrected chi connectivity index (χ2v) is 4.14. The number of aliphatic imine (C=N–C) groups is 1. The Hall–Kier alpha value is -0.830. The third kappa shape index (κ3) is 6.76. The van der Waals surface area contributed by atoms with E-state index >= 15 is 0 Å². The van der Waals surface area contributed by atoms with Crippen LogP contribution in [0.1, 0.15) is 19.5 Å². The number of nitrogens with one attached hydrogen (secondary N) is 2. The third-order valence-electron chi connectivity index (χ3n) is 2.47. The third-order valence-corrected chi connectivity index (χ3v) is 2.47. The van der Waals surface area contributed by atoms with Crippen molar-refractivity contribution in [3.8, 4) is 0 Å². The lowest BCUT2D eigenvalue weighted by Crippen LogP contribution is -2.43. The molecule has 0 saturated heterocycles. The van der Waals surface area contributed by atoms with Crippen molar-refractivity contribution in [3.63, 3.8) is 0 Å². The van der Waals surface area contributed by atoms with E-state index in [2.05, 4.69) is 27.6 Å². The molecule has 0 amide bonds. The van der Waals surface area contributed by atoms with Crippen molar-refractivity contribution in [3.05, 3.63) is 18.0 Å². The highest BCUT2D eigenvalue weighted by Gasteiger charge is 2.04. The van der Waals surface area contributed by atoms with Gasteiger partial charge in [0.25, 0.3) is 0 Å². The molecular weight excluding hydrogens is 357 g/mol. The highest BCUT2D eigenvalue weighted by molar-refractivity contribution is 14.0. The fourth-order valence-corrected chi connectivity index (χ4v) is 1.56. The zero-order valence-electron chi connectivity index (χ0n) is 12.0. The molecule has 7 heteroatoms. The predicted octanol–water partition coefficient (Wildman–Crippen LogP) is 1.13. The standard InChI is InChI=1S/C12H23N5O.HI/c1-5-13-12(16-10(2)9-18-4)14-8-11-6-7-15-17(11)3;/h6-7,10H,5,8-9H2,1-4H3,(H2,13,14,16);1H. The molecule has 19 heavy (non-hydrogen) atoms. The number of hydrogen-bond donors (Lipinski definition) is 2. The molecule has 0 aliphatic rings. The van der Waals surface area contributed by atoms with Crippen LogP contribution in [0.5, 0.6) is 0 Å². The van der Waals surface area contributed by atoms with Crippen molar-refractivity contribution in [2.24, 2.45) is 12.0 Å². The van der Waals surface area contributed by atoms with E-state index in [0.29, 0.717) is 13.2 Å². The van der Waals surface area contributed by atoms with Gasteiger partial charge >= 0.3 is 0 Å². The van der Waals surface area contributed by atoms with Crippen LogP contribution in [0.25, 0.3) is 0 Å². The summed E-state index contributed by atoms with van der Waals surface area (Å²) in [4.78, 5) is 4.52. The van der Waals surface area contributed by atoms with Crippen molar-refractivity contribution < 1.29 is 4.74 Å². The molecule has 2 N–H and O–H groups in total. The maximum absolute atomic E-state index is 5.09. The average molecular weight is 381 g/mol. The summed E-state index contributed by atoms with van der Waals surface area (Å²) in [5.74, 6) is 0.795. The predicted molar refractivity (Wildman–Crippen MR) is 87.9 cm³/mol. The molecule has 1 aromatic rings. The summed E-state index contributed by atoms with van der Waals surface area (Å²) in [6, 6.07) is 2.19. The summed E-state index contributed by atoms with van der Waals surface area (Å²) in [5, 5.41) is 10.6. The van der Waals surface area contributed by atoms with Crippen molar-refractivity contribution in [1.82, 2.24) is 20.4 Å². The van der Waals surface area contributed by atoms with Gasteiger partial charge in [0.1, 0.15) is 0 Å². The van der Waals surface area contributed by atoms with Gasteiger partial charge in [0, 0.05) is 32.9 Å². The summed E-state index contributed by atoms with van der Waals surface area (Å²) >= 11 is 0. The maximum Gasteiger partial charge on any atom is 0.191 e. The normalized spacial score (nSPS) is 12.7. The number of guanidine groups is 1. The van der Waals surface area contributed by atoms with Gasteiger partial charge in [-0.2, -0.15) is 5.10 Å². The van der Waals surface area contributed by atoms with Gasteiger partial charge in [-0.3, -0.25) is 4.68 Å². The molecule has 0 fully saturated rings. The molecule has 0 aliphatic carbocycles. The van der Waals surface area contributed by atoms with E-state index < -0.39 is 0 Å². The number of aromatic nitrogens is 2. The minimum Gasteiger partial charge on any atom is -0.383 e. The first-order chi connectivity index (χ1) is 8.67. The van der Waals surface area contributed by atoms with Crippen molar-refractivity contribution in [2.75, 3.05) is 20.3 Å². The van der Waals surface area contributed by atoms with Gasteiger partial charge in [-0.1, -0.05) is 0 Å². The van der Waals surface area contributed by atoms with Gasteiger partial charge in [0.05, 0.1) is 18.8 Å². The van der Waals surface area contributed by atoms with E-state index in [9.17, 15) is 0 Å². The molecule has 1 aromatic heterocycles. The summed E-state index contributed by atoms with van der Waals surface area (Å²) in [7, 11) is 3.61. The van der Waals surface area contributed by atoms with Gasteiger partial charge < -0.3 is 15.4 Å². The summed E-state index contributed by atoms with van der Waals surface area (Å²) in [6.45, 7) is 6.18. The number of aryl methyl sites for hydroxylation is 1. The van der Waals surface area contributed by atoms with Gasteiger partial charge in [0.2, 0.25) is 0 Å². The Morgan fingerprint density at radius 3 is 2.84 bits per heavy atom. The lowest BCUT2D eigenvalue weighted by atomic mass is 10.4. The minimum atomic E-state index is 0. The monoisotopic (exact) mass is 381 g/mol. The first-order valence-corrected chi connectivity index (χ1v) is 6.18. The molecule has 6 nitrogen and oxygen atoms in total. The van der Waals surface area contributed by atoms with Gasteiger partial charge in [-0.15, -0.1) is 24.0 Å². The number of halogens is 1. The SMILES string of the molecule is CCNC(=NCc1ccnn1C)NC(C)COC.I. The van der Waals surface area contributed by atoms with Crippen LogP contribution in [-0.4, -0.2) is 42.0 Å². The topological polar surface area (TPSA) is 63.5 Å². The molecule has 0 aromatic carbocycles. The van der Waals surface area contributed by atoms with Crippen LogP contribution in [0.3, 0.4) is 0 Å². The smallest absolute Gasteiger partial charge is 0.191 e. The fourth-order valence-electron chi connectivity index (χ4n) is 1.56. The van der Waals surface area contributed by atoms with Crippen LogP contribution in [0.15, 0.2) is 17.3 Å². The van der Waals surface area contributed by atoms with Crippen molar-refractivity contribution >= 4 is 29.9 Å². The van der Waals surface area contributed by atoms with Crippen molar-refractivity contribution in [1.29, 1.82) is 0 Å². The molecule has 1 heterocycles. The van der Waals surface area contributed by atoms with Gasteiger partial charge in [-0.25, -0.2) is 4.99 Å². The van der Waals surface area contributed by atoms with Crippen LogP contribution in [0.4, 0.5) is 0 Å². The Morgan fingerprint density at radius 2 is 2.32 bits per heavy atom. The first-order valence-electron chi connectivity index (χ1n) is 6.18. The van der Waals surface area contributed by atoms with Gasteiger partial charge in [-0.05, 0) is 19.9 Å². The van der Waals surface area contributed by atoms with Crippen LogP contribution in [0, 0.1) is 0 Å². The molecular formula is C12H24IN5O. The van der Waals surface area contributed by atoms with E-state index in [0.717, 1.165) is 18.2 Å². The minimum absolute atomic E-state index is 0. The molecule has 0 spiro atoms. The fraction of sp³-hybridized carbons (Fsp3) is 0.667. The Morgan fingerprint density at radius 1 is 1.58 bits per heavy atom. The van der Waals surface area contributed by atoms with Crippen molar-refractivity contribution in [2.45, 2.75) is 26.4 Å². The molecule has 110 valence electrons. The Kier molecular flexibility index (Phi) is 9.58. The summed E-state index contributed by atoms with van der Waals surface area (Å²) < 4.78 is 6.92. The number of hydrogen-bond acceptors (Lipinski definition) is 3. The van der Waals surface area contributed by atoms with Crippen LogP contribution in [-0.2, 0) is 18.3 Å². The Balaban J connectivity index is 0.00000324.